The second-order valence-electron chi connectivity index (χ2n) is 8.93. The fraction of sp³-hybridized carbons (Fsp3) is 0.259. The molecule has 182 valence electrons. The molecule has 1 N–H and O–H groups in total. The summed E-state index contributed by atoms with van der Waals surface area (Å²) in [6.45, 7) is 5.98. The van der Waals surface area contributed by atoms with Gasteiger partial charge in [-0.1, -0.05) is 0 Å². The molecule has 9 nitrogen and oxygen atoms in total. The van der Waals surface area contributed by atoms with Crippen LogP contribution in [0.3, 0.4) is 0 Å². The Labute approximate surface area is 208 Å². The molecule has 0 saturated carbocycles. The number of nitrogens with one attached hydrogen (secondary N) is 1. The minimum atomic E-state index is 0.673. The largest absolute Gasteiger partial charge is 0.492 e. The molecule has 1 fully saturated rings. The summed E-state index contributed by atoms with van der Waals surface area (Å²) in [5.74, 6) is 3.03. The first-order valence-electron chi connectivity index (χ1n) is 12.2. The molecule has 0 unspecified atom stereocenters. The SMILES string of the molecule is Cc1cc(Nc2ncnc3ccc(OCCN4CCCC4)cc23)ccc1Oc1ccn2ncnc2c1. The van der Waals surface area contributed by atoms with Gasteiger partial charge in [-0.3, -0.25) is 4.90 Å². The molecule has 2 aromatic carbocycles. The first-order valence-corrected chi connectivity index (χ1v) is 12.2. The van der Waals surface area contributed by atoms with Crippen LogP contribution in [0.15, 0.2) is 67.4 Å². The third-order valence-electron chi connectivity index (χ3n) is 6.40. The average molecular weight is 482 g/mol. The number of likely N-dealkylation sites (tertiary alicyclic amines) is 1. The summed E-state index contributed by atoms with van der Waals surface area (Å²) in [6.07, 6.45) is 7.49. The van der Waals surface area contributed by atoms with E-state index in [1.807, 2.05) is 61.7 Å². The van der Waals surface area contributed by atoms with Crippen molar-refractivity contribution in [1.29, 1.82) is 0 Å². The van der Waals surface area contributed by atoms with E-state index in [0.717, 1.165) is 51.7 Å². The molecule has 0 spiro atoms. The first-order chi connectivity index (χ1) is 17.7. The molecule has 5 aromatic rings. The molecule has 9 heteroatoms. The van der Waals surface area contributed by atoms with Gasteiger partial charge in [0.2, 0.25) is 0 Å². The quantitative estimate of drug-likeness (QED) is 0.332. The maximum atomic E-state index is 6.10. The van der Waals surface area contributed by atoms with E-state index in [1.54, 1.807) is 10.8 Å². The predicted molar refractivity (Wildman–Crippen MR) is 138 cm³/mol. The van der Waals surface area contributed by atoms with E-state index in [2.05, 4.69) is 30.3 Å². The smallest absolute Gasteiger partial charge is 0.158 e. The average Bonchev–Trinajstić information content (AvgIpc) is 3.58. The third kappa shape index (κ3) is 4.78. The minimum absolute atomic E-state index is 0.673. The zero-order valence-electron chi connectivity index (χ0n) is 20.1. The van der Waals surface area contributed by atoms with Crippen molar-refractivity contribution in [2.75, 3.05) is 31.6 Å². The molecule has 1 aliphatic rings. The Kier molecular flexibility index (Phi) is 6.05. The molecule has 1 saturated heterocycles. The van der Waals surface area contributed by atoms with Gasteiger partial charge < -0.3 is 14.8 Å². The van der Waals surface area contributed by atoms with Gasteiger partial charge in [-0.2, -0.15) is 5.10 Å². The summed E-state index contributed by atoms with van der Waals surface area (Å²) >= 11 is 0. The Bertz CT molecular complexity index is 1510. The lowest BCUT2D eigenvalue weighted by Gasteiger charge is -2.15. The number of rotatable bonds is 8. The fourth-order valence-corrected chi connectivity index (χ4v) is 4.49. The van der Waals surface area contributed by atoms with Crippen LogP contribution in [0.4, 0.5) is 11.5 Å². The maximum absolute atomic E-state index is 6.10. The number of ether oxygens (including phenoxy) is 2. The van der Waals surface area contributed by atoms with Crippen LogP contribution in [-0.2, 0) is 0 Å². The molecule has 4 heterocycles. The van der Waals surface area contributed by atoms with Crippen molar-refractivity contribution in [3.8, 4) is 17.2 Å². The Hall–Kier alpha value is -4.24. The molecule has 0 radical (unpaired) electrons. The molecular formula is C27H27N7O2. The summed E-state index contributed by atoms with van der Waals surface area (Å²) in [5, 5.41) is 8.46. The van der Waals surface area contributed by atoms with Gasteiger partial charge in [0.05, 0.1) is 5.52 Å². The Balaban J connectivity index is 1.17. The van der Waals surface area contributed by atoms with Crippen molar-refractivity contribution < 1.29 is 9.47 Å². The highest BCUT2D eigenvalue weighted by atomic mass is 16.5. The monoisotopic (exact) mass is 481 g/mol. The van der Waals surface area contributed by atoms with Crippen LogP contribution in [0.1, 0.15) is 18.4 Å². The van der Waals surface area contributed by atoms with E-state index in [0.29, 0.717) is 12.4 Å². The number of pyridine rings is 1. The maximum Gasteiger partial charge on any atom is 0.158 e. The van der Waals surface area contributed by atoms with E-state index < -0.39 is 0 Å². The Morgan fingerprint density at radius 1 is 0.917 bits per heavy atom. The Morgan fingerprint density at radius 2 is 1.83 bits per heavy atom. The molecule has 3 aromatic heterocycles. The topological polar surface area (TPSA) is 89.7 Å². The second-order valence-corrected chi connectivity index (χ2v) is 8.93. The molecule has 0 bridgehead atoms. The molecule has 1 aliphatic heterocycles. The van der Waals surface area contributed by atoms with E-state index in [-0.39, 0.29) is 0 Å². The van der Waals surface area contributed by atoms with Gasteiger partial charge in [0.25, 0.3) is 0 Å². The van der Waals surface area contributed by atoms with Crippen molar-refractivity contribution in [3.63, 3.8) is 0 Å². The van der Waals surface area contributed by atoms with Crippen LogP contribution in [-0.4, -0.2) is 55.7 Å². The van der Waals surface area contributed by atoms with Gasteiger partial charge >= 0.3 is 0 Å². The molecule has 0 aliphatic carbocycles. The summed E-state index contributed by atoms with van der Waals surface area (Å²) in [5.41, 5.74) is 3.50. The van der Waals surface area contributed by atoms with E-state index >= 15 is 0 Å². The van der Waals surface area contributed by atoms with Crippen molar-refractivity contribution in [1.82, 2.24) is 29.5 Å². The molecular weight excluding hydrogens is 454 g/mol. The lowest BCUT2D eigenvalue weighted by atomic mass is 10.2. The normalized spacial score (nSPS) is 13.9. The molecule has 0 atom stereocenters. The standard InChI is InChI=1S/C27H27N7O2/c1-19-14-20(4-7-25(19)36-22-8-11-34-26(16-22)29-18-31-34)32-27-23-15-21(5-6-24(23)28-17-30-27)35-13-12-33-9-2-3-10-33/h4-8,11,14-18H,2-3,9-10,12-13H2,1H3,(H,28,30,32). The van der Waals surface area contributed by atoms with Gasteiger partial charge in [0.15, 0.2) is 5.65 Å². The van der Waals surface area contributed by atoms with E-state index in [9.17, 15) is 0 Å². The van der Waals surface area contributed by atoms with Gasteiger partial charge in [0.1, 0.15) is 42.3 Å². The third-order valence-corrected chi connectivity index (χ3v) is 6.40. The van der Waals surface area contributed by atoms with Crippen molar-refractivity contribution in [2.45, 2.75) is 19.8 Å². The van der Waals surface area contributed by atoms with Crippen LogP contribution >= 0.6 is 0 Å². The van der Waals surface area contributed by atoms with Crippen molar-refractivity contribution in [2.24, 2.45) is 0 Å². The zero-order valence-corrected chi connectivity index (χ0v) is 20.1. The first kappa shape index (κ1) is 22.2. The van der Waals surface area contributed by atoms with Crippen LogP contribution in [0.2, 0.25) is 0 Å². The summed E-state index contributed by atoms with van der Waals surface area (Å²) in [7, 11) is 0. The lowest BCUT2D eigenvalue weighted by molar-refractivity contribution is 0.238. The molecule has 0 amide bonds. The van der Waals surface area contributed by atoms with Gasteiger partial charge in [-0.15, -0.1) is 0 Å². The van der Waals surface area contributed by atoms with Crippen LogP contribution in [0.25, 0.3) is 16.6 Å². The van der Waals surface area contributed by atoms with Gasteiger partial charge in [0, 0.05) is 29.9 Å². The molecule has 36 heavy (non-hydrogen) atoms. The predicted octanol–water partition coefficient (Wildman–Crippen LogP) is 4.99. The number of hydrogen-bond acceptors (Lipinski definition) is 8. The highest BCUT2D eigenvalue weighted by Crippen LogP contribution is 2.31. The summed E-state index contributed by atoms with van der Waals surface area (Å²) in [6, 6.07) is 15.6. The number of hydrogen-bond donors (Lipinski definition) is 1. The number of benzene rings is 2. The van der Waals surface area contributed by atoms with Gasteiger partial charge in [-0.25, -0.2) is 19.5 Å². The fourth-order valence-electron chi connectivity index (χ4n) is 4.49. The number of nitrogens with zero attached hydrogens (tertiary/aromatic N) is 6. The highest BCUT2D eigenvalue weighted by Gasteiger charge is 2.12. The molecule has 6 rings (SSSR count). The number of aryl methyl sites for hydroxylation is 1. The Morgan fingerprint density at radius 3 is 2.72 bits per heavy atom. The van der Waals surface area contributed by atoms with E-state index in [4.69, 9.17) is 9.47 Å². The number of anilines is 2. The highest BCUT2D eigenvalue weighted by molar-refractivity contribution is 5.91. The van der Waals surface area contributed by atoms with Crippen LogP contribution in [0.5, 0.6) is 17.2 Å². The van der Waals surface area contributed by atoms with E-state index in [1.165, 1.54) is 32.3 Å². The van der Waals surface area contributed by atoms with Crippen molar-refractivity contribution >= 4 is 28.1 Å². The number of fused-ring (bicyclic) bond motifs is 2. The number of aromatic nitrogens is 5. The van der Waals surface area contributed by atoms with Gasteiger partial charge in [-0.05, 0) is 80.9 Å². The second kappa shape index (κ2) is 9.79. The minimum Gasteiger partial charge on any atom is -0.492 e. The van der Waals surface area contributed by atoms with Crippen LogP contribution < -0.4 is 14.8 Å². The lowest BCUT2D eigenvalue weighted by Crippen LogP contribution is -2.25. The summed E-state index contributed by atoms with van der Waals surface area (Å²) in [4.78, 5) is 15.6. The van der Waals surface area contributed by atoms with Crippen molar-refractivity contribution in [3.05, 3.63) is 72.9 Å². The van der Waals surface area contributed by atoms with Crippen LogP contribution in [0, 0.1) is 6.92 Å². The zero-order chi connectivity index (χ0) is 24.3. The summed E-state index contributed by atoms with van der Waals surface area (Å²) < 4.78 is 13.8.